The number of benzene rings is 1. The van der Waals surface area contributed by atoms with Crippen LogP contribution >= 0.6 is 11.8 Å². The Morgan fingerprint density at radius 1 is 1.44 bits per heavy atom. The van der Waals surface area contributed by atoms with Gasteiger partial charge >= 0.3 is 0 Å². The standard InChI is InChI=1S/C13H19NOS/c1-15-12-6-3-2-5-11(12)13(9-14)7-4-8-16-10-13/h2-3,5-6H,4,7-10,14H2,1H3. The van der Waals surface area contributed by atoms with Crippen LogP contribution in [0.2, 0.25) is 0 Å². The molecule has 1 aromatic rings. The Morgan fingerprint density at radius 2 is 2.25 bits per heavy atom. The van der Waals surface area contributed by atoms with Gasteiger partial charge in [-0.1, -0.05) is 18.2 Å². The maximum absolute atomic E-state index is 6.02. The van der Waals surface area contributed by atoms with E-state index in [1.165, 1.54) is 24.2 Å². The smallest absolute Gasteiger partial charge is 0.122 e. The van der Waals surface area contributed by atoms with Gasteiger partial charge in [-0.25, -0.2) is 0 Å². The zero-order chi connectivity index (χ0) is 11.4. The minimum atomic E-state index is 0.121. The van der Waals surface area contributed by atoms with Gasteiger partial charge in [0.25, 0.3) is 0 Å². The highest BCUT2D eigenvalue weighted by atomic mass is 32.2. The van der Waals surface area contributed by atoms with Gasteiger partial charge in [-0.05, 0) is 24.7 Å². The summed E-state index contributed by atoms with van der Waals surface area (Å²) in [6.07, 6.45) is 2.43. The number of thioether (sulfide) groups is 1. The lowest BCUT2D eigenvalue weighted by molar-refractivity contribution is 0.375. The number of methoxy groups -OCH3 is 1. The molecule has 2 nitrogen and oxygen atoms in total. The van der Waals surface area contributed by atoms with Crippen molar-refractivity contribution in [1.29, 1.82) is 0 Å². The van der Waals surface area contributed by atoms with E-state index in [0.29, 0.717) is 6.54 Å². The number of ether oxygens (including phenoxy) is 1. The molecule has 2 rings (SSSR count). The molecule has 0 radical (unpaired) electrons. The zero-order valence-electron chi connectivity index (χ0n) is 9.74. The van der Waals surface area contributed by atoms with Gasteiger partial charge in [0, 0.05) is 23.3 Å². The molecule has 16 heavy (non-hydrogen) atoms. The zero-order valence-corrected chi connectivity index (χ0v) is 10.6. The fourth-order valence-electron chi connectivity index (χ4n) is 2.42. The number of rotatable bonds is 3. The summed E-state index contributed by atoms with van der Waals surface area (Å²) in [5.41, 5.74) is 7.43. The van der Waals surface area contributed by atoms with Crippen LogP contribution in [0.15, 0.2) is 24.3 Å². The molecule has 1 heterocycles. The highest BCUT2D eigenvalue weighted by molar-refractivity contribution is 7.99. The Labute approximate surface area is 102 Å². The van der Waals surface area contributed by atoms with Crippen molar-refractivity contribution < 1.29 is 4.74 Å². The Morgan fingerprint density at radius 3 is 2.88 bits per heavy atom. The fraction of sp³-hybridized carbons (Fsp3) is 0.538. The summed E-state index contributed by atoms with van der Waals surface area (Å²) in [5, 5.41) is 0. The van der Waals surface area contributed by atoms with Gasteiger partial charge in [0.15, 0.2) is 0 Å². The Kier molecular flexibility index (Phi) is 3.77. The second-order valence-electron chi connectivity index (χ2n) is 4.34. The minimum absolute atomic E-state index is 0.121. The first kappa shape index (κ1) is 11.8. The van der Waals surface area contributed by atoms with E-state index < -0.39 is 0 Å². The van der Waals surface area contributed by atoms with Crippen LogP contribution in [0.5, 0.6) is 5.75 Å². The summed E-state index contributed by atoms with van der Waals surface area (Å²) in [5.74, 6) is 3.36. The van der Waals surface area contributed by atoms with E-state index in [1.54, 1.807) is 7.11 Å². The minimum Gasteiger partial charge on any atom is -0.496 e. The van der Waals surface area contributed by atoms with Crippen molar-refractivity contribution >= 4 is 11.8 Å². The highest BCUT2D eigenvalue weighted by Gasteiger charge is 2.35. The summed E-state index contributed by atoms with van der Waals surface area (Å²) in [6, 6.07) is 8.29. The average Bonchev–Trinajstić information content (AvgIpc) is 2.39. The van der Waals surface area contributed by atoms with Crippen LogP contribution in [-0.4, -0.2) is 25.2 Å². The van der Waals surface area contributed by atoms with Crippen LogP contribution in [0.4, 0.5) is 0 Å². The van der Waals surface area contributed by atoms with Crippen LogP contribution in [0.1, 0.15) is 18.4 Å². The third kappa shape index (κ3) is 2.06. The van der Waals surface area contributed by atoms with Crippen molar-refractivity contribution in [1.82, 2.24) is 0 Å². The summed E-state index contributed by atoms with van der Waals surface area (Å²) in [7, 11) is 1.74. The highest BCUT2D eigenvalue weighted by Crippen LogP contribution is 2.40. The predicted molar refractivity (Wildman–Crippen MR) is 70.3 cm³/mol. The Hall–Kier alpha value is -0.670. The third-order valence-electron chi connectivity index (χ3n) is 3.39. The number of nitrogens with two attached hydrogens (primary N) is 1. The molecule has 1 unspecified atom stereocenters. The van der Waals surface area contributed by atoms with Gasteiger partial charge in [0.1, 0.15) is 5.75 Å². The van der Waals surface area contributed by atoms with E-state index in [4.69, 9.17) is 10.5 Å². The van der Waals surface area contributed by atoms with Gasteiger partial charge in [0.2, 0.25) is 0 Å². The second kappa shape index (κ2) is 5.11. The molecule has 1 aromatic carbocycles. The molecule has 1 fully saturated rings. The first-order valence-corrected chi connectivity index (χ1v) is 6.89. The topological polar surface area (TPSA) is 35.2 Å². The molecule has 0 spiro atoms. The molecule has 1 aliphatic rings. The molecule has 1 atom stereocenters. The monoisotopic (exact) mass is 237 g/mol. The summed E-state index contributed by atoms with van der Waals surface area (Å²) in [6.45, 7) is 0.709. The molecule has 0 aliphatic carbocycles. The lowest BCUT2D eigenvalue weighted by Crippen LogP contribution is -2.40. The summed E-state index contributed by atoms with van der Waals surface area (Å²) >= 11 is 2.00. The van der Waals surface area contributed by atoms with Crippen LogP contribution < -0.4 is 10.5 Å². The molecule has 1 saturated heterocycles. The van der Waals surface area contributed by atoms with Crippen LogP contribution in [0.25, 0.3) is 0 Å². The SMILES string of the molecule is COc1ccccc1C1(CN)CCCSC1. The third-order valence-corrected chi connectivity index (χ3v) is 4.73. The normalized spacial score (nSPS) is 25.4. The predicted octanol–water partition coefficient (Wildman–Crippen LogP) is 2.42. The van der Waals surface area contributed by atoms with Crippen molar-refractivity contribution in [2.24, 2.45) is 5.73 Å². The average molecular weight is 237 g/mol. The van der Waals surface area contributed by atoms with E-state index in [-0.39, 0.29) is 5.41 Å². The molecule has 0 aromatic heterocycles. The van der Waals surface area contributed by atoms with Gasteiger partial charge in [-0.15, -0.1) is 0 Å². The van der Waals surface area contributed by atoms with Gasteiger partial charge in [0.05, 0.1) is 7.11 Å². The van der Waals surface area contributed by atoms with E-state index in [0.717, 1.165) is 11.5 Å². The van der Waals surface area contributed by atoms with E-state index in [1.807, 2.05) is 23.9 Å². The first-order valence-electron chi connectivity index (χ1n) is 5.74. The number of hydrogen-bond donors (Lipinski definition) is 1. The van der Waals surface area contributed by atoms with Crippen LogP contribution in [0.3, 0.4) is 0 Å². The molecule has 1 aliphatic heterocycles. The molecule has 3 heteroatoms. The number of para-hydroxylation sites is 1. The fourth-order valence-corrected chi connectivity index (χ4v) is 3.72. The van der Waals surface area contributed by atoms with Gasteiger partial charge in [-0.2, -0.15) is 11.8 Å². The molecular weight excluding hydrogens is 218 g/mol. The molecule has 2 N–H and O–H groups in total. The molecule has 88 valence electrons. The van der Waals surface area contributed by atoms with Crippen molar-refractivity contribution in [3.63, 3.8) is 0 Å². The van der Waals surface area contributed by atoms with Crippen molar-refractivity contribution in [2.45, 2.75) is 18.3 Å². The molecule has 0 saturated carbocycles. The molecular formula is C13H19NOS. The van der Waals surface area contributed by atoms with Crippen LogP contribution in [0, 0.1) is 0 Å². The van der Waals surface area contributed by atoms with E-state index >= 15 is 0 Å². The summed E-state index contributed by atoms with van der Waals surface area (Å²) < 4.78 is 5.46. The van der Waals surface area contributed by atoms with Crippen LogP contribution in [-0.2, 0) is 5.41 Å². The Balaban J connectivity index is 2.38. The van der Waals surface area contributed by atoms with Crippen molar-refractivity contribution in [3.05, 3.63) is 29.8 Å². The largest absolute Gasteiger partial charge is 0.496 e. The van der Waals surface area contributed by atoms with Gasteiger partial charge in [-0.3, -0.25) is 0 Å². The van der Waals surface area contributed by atoms with Gasteiger partial charge < -0.3 is 10.5 Å². The van der Waals surface area contributed by atoms with E-state index in [2.05, 4.69) is 12.1 Å². The maximum Gasteiger partial charge on any atom is 0.122 e. The molecule has 0 bridgehead atoms. The number of hydrogen-bond acceptors (Lipinski definition) is 3. The quantitative estimate of drug-likeness (QED) is 0.877. The lowest BCUT2D eigenvalue weighted by atomic mass is 9.77. The molecule has 0 amide bonds. The first-order chi connectivity index (χ1) is 7.82. The maximum atomic E-state index is 6.02. The lowest BCUT2D eigenvalue weighted by Gasteiger charge is -2.37. The Bertz CT molecular complexity index is 348. The van der Waals surface area contributed by atoms with Crippen molar-refractivity contribution in [3.8, 4) is 5.75 Å². The summed E-state index contributed by atoms with van der Waals surface area (Å²) in [4.78, 5) is 0. The second-order valence-corrected chi connectivity index (χ2v) is 5.45. The van der Waals surface area contributed by atoms with Crippen molar-refractivity contribution in [2.75, 3.05) is 25.2 Å². The van der Waals surface area contributed by atoms with E-state index in [9.17, 15) is 0 Å².